The summed E-state index contributed by atoms with van der Waals surface area (Å²) in [6.07, 6.45) is 11.9. The Hall–Kier alpha value is -7.14. The fourth-order valence-corrected chi connectivity index (χ4v) is 11.7. The van der Waals surface area contributed by atoms with Gasteiger partial charge in [0.2, 0.25) is 17.8 Å². The molecule has 6 aromatic heterocycles. The van der Waals surface area contributed by atoms with E-state index in [1.807, 2.05) is 67.5 Å². The maximum Gasteiger partial charge on any atom is 0.227 e. The van der Waals surface area contributed by atoms with Gasteiger partial charge in [0.1, 0.15) is 0 Å². The zero-order valence-electron chi connectivity index (χ0n) is 45.2. The standard InChI is InChI=1S/C56H66Cl3N21/c1-31(2)78-28-63-45-49(73-56(75-51(45)78)71-42-12-15-62-27-42)67-43-20-34(18-37(58)23-43)17-33(4)80-30-65-47-50(74-55(77-53(47)80)70-41-11-7-14-61-26-41)68-44-21-35(19-38(59)24-44)16-32(3)79-29-64-46-48(66-39-9-5-8-36(57)22-39)72-54(76-52(46)79)69-40-10-6-13-60-25-40/h5,8-9,18-24,28-33,40-42,60-62H,6-7,10-17,25-27H2,1-4H3,(H2,66,69,72,76)(H2,67,71,73,75)(H2,68,70,74,77)/t32?,33?,40-,41+,42-/m0/s1. The van der Waals surface area contributed by atoms with Gasteiger partial charge < -0.3 is 61.6 Å². The van der Waals surface area contributed by atoms with Crippen molar-refractivity contribution in [3.8, 4) is 0 Å². The van der Waals surface area contributed by atoms with Gasteiger partial charge in [-0.15, -0.1) is 0 Å². The number of anilines is 9. The van der Waals surface area contributed by atoms with Gasteiger partial charge in [0.25, 0.3) is 0 Å². The largest absolute Gasteiger partial charge is 0.350 e. The molecule has 2 unspecified atom stereocenters. The number of aromatic nitrogens is 12. The number of hydrogen-bond donors (Lipinski definition) is 9. The van der Waals surface area contributed by atoms with Crippen molar-refractivity contribution in [2.75, 3.05) is 71.2 Å². The molecule has 21 nitrogen and oxygen atoms in total. The Kier molecular flexibility index (Phi) is 15.7. The molecule has 0 radical (unpaired) electrons. The maximum atomic E-state index is 6.97. The lowest BCUT2D eigenvalue weighted by molar-refractivity contribution is 0.478. The lowest BCUT2D eigenvalue weighted by Crippen LogP contribution is -2.38. The molecule has 3 aromatic carbocycles. The highest BCUT2D eigenvalue weighted by Crippen LogP contribution is 2.35. The van der Waals surface area contributed by atoms with Crippen molar-refractivity contribution in [2.24, 2.45) is 0 Å². The molecule has 80 heavy (non-hydrogen) atoms. The number of fused-ring (bicyclic) bond motifs is 3. The van der Waals surface area contributed by atoms with E-state index in [0.29, 0.717) is 91.1 Å². The fourth-order valence-electron chi connectivity index (χ4n) is 11.0. The third-order valence-electron chi connectivity index (χ3n) is 15.0. The Morgan fingerprint density at radius 1 is 0.487 bits per heavy atom. The van der Waals surface area contributed by atoms with E-state index in [4.69, 9.17) is 79.7 Å². The zero-order valence-corrected chi connectivity index (χ0v) is 47.4. The highest BCUT2D eigenvalue weighted by atomic mass is 35.5. The normalized spacial score (nSPS) is 18.5. The summed E-state index contributed by atoms with van der Waals surface area (Å²) in [5.74, 6) is 3.34. The van der Waals surface area contributed by atoms with Crippen LogP contribution in [-0.2, 0) is 12.8 Å². The molecule has 0 spiro atoms. The summed E-state index contributed by atoms with van der Waals surface area (Å²) < 4.78 is 6.27. The summed E-state index contributed by atoms with van der Waals surface area (Å²) >= 11 is 20.3. The van der Waals surface area contributed by atoms with Crippen LogP contribution in [0.4, 0.5) is 52.4 Å². The third-order valence-corrected chi connectivity index (χ3v) is 15.7. The number of nitrogens with one attached hydrogen (secondary N) is 9. The lowest BCUT2D eigenvalue weighted by atomic mass is 10.1. The summed E-state index contributed by atoms with van der Waals surface area (Å²) in [4.78, 5) is 44.7. The van der Waals surface area contributed by atoms with Crippen molar-refractivity contribution in [2.45, 2.75) is 109 Å². The van der Waals surface area contributed by atoms with Crippen LogP contribution in [0, 0.1) is 0 Å². The second-order valence-electron chi connectivity index (χ2n) is 21.7. The van der Waals surface area contributed by atoms with E-state index >= 15 is 0 Å². The molecule has 0 aliphatic carbocycles. The molecule has 24 heteroatoms. The number of hydrogen-bond acceptors (Lipinski definition) is 18. The lowest BCUT2D eigenvalue weighted by Gasteiger charge is -2.24. The van der Waals surface area contributed by atoms with Gasteiger partial charge in [0.05, 0.1) is 19.0 Å². The first-order valence-corrected chi connectivity index (χ1v) is 28.9. The van der Waals surface area contributed by atoms with E-state index in [9.17, 15) is 0 Å². The van der Waals surface area contributed by atoms with Crippen LogP contribution in [0.2, 0.25) is 15.1 Å². The minimum atomic E-state index is -0.0924. The molecule has 0 saturated carbocycles. The molecule has 5 atom stereocenters. The molecule has 9 aromatic rings. The molecular formula is C56H66Cl3N21. The molecule has 416 valence electrons. The highest BCUT2D eigenvalue weighted by molar-refractivity contribution is 6.31. The third kappa shape index (κ3) is 12.1. The minimum absolute atomic E-state index is 0.0779. The number of piperidine rings is 2. The van der Waals surface area contributed by atoms with Gasteiger partial charge in [-0.2, -0.15) is 29.9 Å². The number of nitrogens with zero attached hydrogens (tertiary/aromatic N) is 12. The van der Waals surface area contributed by atoms with Crippen LogP contribution in [-0.4, -0.2) is 116 Å². The summed E-state index contributed by atoms with van der Waals surface area (Å²) in [6, 6.07) is 20.2. The molecule has 0 bridgehead atoms. The summed E-state index contributed by atoms with van der Waals surface area (Å²) in [5, 5.41) is 33.6. The fraction of sp³-hybridized carbons (Fsp3) is 0.411. The Morgan fingerprint density at radius 3 is 1.35 bits per heavy atom. The zero-order chi connectivity index (χ0) is 54.9. The molecule has 0 amide bonds. The van der Waals surface area contributed by atoms with E-state index in [1.165, 1.54) is 0 Å². The van der Waals surface area contributed by atoms with Crippen LogP contribution in [0.1, 0.15) is 89.1 Å². The molecule has 3 fully saturated rings. The Balaban J connectivity index is 0.813. The topological polar surface area (TPSA) is 239 Å². The SMILES string of the molecule is CC(C)n1cnc2c(Nc3cc(Cl)cc(CC(C)n4cnc5c(Nc6cc(Cl)cc(CC(C)n7cnc8c(Nc9cccc(Cl)c9)nc(N[C@H]9CCCNC9)nc87)c6)nc(N[C@@H]6CCCNC6)nc54)c3)nc(N[C@H]3CCNC3)nc21. The van der Waals surface area contributed by atoms with Crippen LogP contribution in [0.5, 0.6) is 0 Å². The predicted octanol–water partition coefficient (Wildman–Crippen LogP) is 10.6. The summed E-state index contributed by atoms with van der Waals surface area (Å²) in [5.41, 5.74) is 8.48. The molecule has 3 aliphatic rings. The van der Waals surface area contributed by atoms with Crippen LogP contribution in [0.3, 0.4) is 0 Å². The van der Waals surface area contributed by atoms with Gasteiger partial charge in [0.15, 0.2) is 50.9 Å². The van der Waals surface area contributed by atoms with E-state index in [1.54, 1.807) is 0 Å². The van der Waals surface area contributed by atoms with Crippen molar-refractivity contribution in [3.63, 3.8) is 0 Å². The molecule has 12 rings (SSSR count). The second-order valence-corrected chi connectivity index (χ2v) is 23.0. The first-order valence-electron chi connectivity index (χ1n) is 27.7. The van der Waals surface area contributed by atoms with E-state index in [0.717, 1.165) is 105 Å². The van der Waals surface area contributed by atoms with Crippen LogP contribution >= 0.6 is 34.8 Å². The van der Waals surface area contributed by atoms with Crippen LogP contribution < -0.4 is 47.9 Å². The highest BCUT2D eigenvalue weighted by Gasteiger charge is 2.25. The number of rotatable bonds is 19. The van der Waals surface area contributed by atoms with Gasteiger partial charge in [-0.1, -0.05) is 40.9 Å². The first-order chi connectivity index (χ1) is 38.9. The van der Waals surface area contributed by atoms with E-state index in [2.05, 4.69) is 101 Å². The number of benzene rings is 3. The molecule has 3 aliphatic heterocycles. The van der Waals surface area contributed by atoms with Crippen molar-refractivity contribution >= 4 is 121 Å². The quantitative estimate of drug-likeness (QED) is 0.0366. The van der Waals surface area contributed by atoms with Crippen LogP contribution in [0.15, 0.2) is 79.6 Å². The van der Waals surface area contributed by atoms with Gasteiger partial charge in [-0.05, 0) is 158 Å². The Labute approximate surface area is 478 Å². The Morgan fingerprint density at radius 2 is 0.912 bits per heavy atom. The average molecular weight is 1140 g/mol. The van der Waals surface area contributed by atoms with Crippen LogP contribution in [0.25, 0.3) is 33.5 Å². The number of imidazole rings is 3. The smallest absolute Gasteiger partial charge is 0.227 e. The molecular weight excluding hydrogens is 1070 g/mol. The van der Waals surface area contributed by atoms with Gasteiger partial charge in [-0.25, -0.2) is 15.0 Å². The monoisotopic (exact) mass is 1140 g/mol. The average Bonchev–Trinajstić information content (AvgIpc) is 4.41. The summed E-state index contributed by atoms with van der Waals surface area (Å²) in [6.45, 7) is 14.0. The Bertz CT molecular complexity index is 3650. The number of halogens is 3. The van der Waals surface area contributed by atoms with E-state index < -0.39 is 0 Å². The minimum Gasteiger partial charge on any atom is -0.350 e. The maximum absolute atomic E-state index is 6.97. The van der Waals surface area contributed by atoms with Gasteiger partial charge in [0, 0.05) is 88.0 Å². The van der Waals surface area contributed by atoms with Gasteiger partial charge >= 0.3 is 0 Å². The van der Waals surface area contributed by atoms with Crippen molar-refractivity contribution in [1.29, 1.82) is 0 Å². The van der Waals surface area contributed by atoms with E-state index in [-0.39, 0.29) is 36.3 Å². The van der Waals surface area contributed by atoms with Crippen molar-refractivity contribution < 1.29 is 0 Å². The van der Waals surface area contributed by atoms with Crippen molar-refractivity contribution in [3.05, 3.63) is 106 Å². The molecule has 9 heterocycles. The molecule has 9 N–H and O–H groups in total. The predicted molar refractivity (Wildman–Crippen MR) is 321 cm³/mol. The van der Waals surface area contributed by atoms with Gasteiger partial charge in [-0.3, -0.25) is 0 Å². The first kappa shape index (κ1) is 53.5. The molecule has 3 saturated heterocycles. The van der Waals surface area contributed by atoms with Crippen molar-refractivity contribution in [1.82, 2.24) is 74.5 Å². The summed E-state index contributed by atoms with van der Waals surface area (Å²) in [7, 11) is 0. The second kappa shape index (κ2) is 23.5.